The highest BCUT2D eigenvalue weighted by Gasteiger charge is 2.21. The molecule has 27 heavy (non-hydrogen) atoms. The van der Waals surface area contributed by atoms with Crippen LogP contribution >= 0.6 is 0 Å². The van der Waals surface area contributed by atoms with Crippen LogP contribution in [0.5, 0.6) is 5.75 Å². The van der Waals surface area contributed by atoms with Crippen LogP contribution in [0.3, 0.4) is 0 Å². The highest BCUT2D eigenvalue weighted by atomic mass is 16.6. The maximum Gasteiger partial charge on any atom is 0.350 e. The first-order valence-electron chi connectivity index (χ1n) is 7.80. The SMILES string of the molecule is CCOC(=O)/C(C#N)=C/c1cccc(OC(=O)c2ccccc2[N+](=O)[O-])c1. The molecule has 0 unspecified atom stereocenters. The number of carbonyl (C=O) groups excluding carboxylic acids is 2. The minimum absolute atomic E-state index is 0.105. The number of para-hydroxylation sites is 1. The molecule has 0 aromatic heterocycles. The molecule has 136 valence electrons. The average Bonchev–Trinajstić information content (AvgIpc) is 2.66. The fourth-order valence-electron chi connectivity index (χ4n) is 2.15. The minimum Gasteiger partial charge on any atom is -0.462 e. The number of carbonyl (C=O) groups is 2. The molecule has 2 rings (SSSR count). The largest absolute Gasteiger partial charge is 0.462 e. The van der Waals surface area contributed by atoms with Gasteiger partial charge in [0.25, 0.3) is 5.69 Å². The van der Waals surface area contributed by atoms with Gasteiger partial charge in [0.15, 0.2) is 0 Å². The first-order chi connectivity index (χ1) is 13.0. The van der Waals surface area contributed by atoms with Gasteiger partial charge in [-0.25, -0.2) is 9.59 Å². The number of benzene rings is 2. The predicted molar refractivity (Wildman–Crippen MR) is 94.7 cm³/mol. The molecule has 8 heteroatoms. The molecule has 0 aliphatic heterocycles. The Bertz CT molecular complexity index is 959. The highest BCUT2D eigenvalue weighted by Crippen LogP contribution is 2.22. The molecular formula is C19H14N2O6. The molecule has 0 spiro atoms. The van der Waals surface area contributed by atoms with Crippen molar-refractivity contribution in [2.24, 2.45) is 0 Å². The molecule has 2 aromatic rings. The van der Waals surface area contributed by atoms with E-state index < -0.39 is 16.9 Å². The zero-order valence-corrected chi connectivity index (χ0v) is 14.2. The number of nitrogens with zero attached hydrogens (tertiary/aromatic N) is 2. The monoisotopic (exact) mass is 366 g/mol. The van der Waals surface area contributed by atoms with Crippen molar-refractivity contribution in [1.29, 1.82) is 5.26 Å². The van der Waals surface area contributed by atoms with Crippen LogP contribution in [0.25, 0.3) is 6.08 Å². The first-order valence-corrected chi connectivity index (χ1v) is 7.80. The van der Waals surface area contributed by atoms with Crippen LogP contribution in [0.2, 0.25) is 0 Å². The van der Waals surface area contributed by atoms with E-state index in [1.165, 1.54) is 42.5 Å². The summed E-state index contributed by atoms with van der Waals surface area (Å²) in [6, 6.07) is 13.2. The van der Waals surface area contributed by atoms with Gasteiger partial charge in [-0.05, 0) is 36.8 Å². The van der Waals surface area contributed by atoms with Crippen molar-refractivity contribution in [2.45, 2.75) is 6.92 Å². The normalized spacial score (nSPS) is 10.6. The van der Waals surface area contributed by atoms with E-state index in [-0.39, 0.29) is 29.2 Å². The minimum atomic E-state index is -0.894. The van der Waals surface area contributed by atoms with E-state index in [1.807, 2.05) is 0 Å². The van der Waals surface area contributed by atoms with Crippen LogP contribution in [0.1, 0.15) is 22.8 Å². The molecule has 0 atom stereocenters. The number of nitriles is 1. The van der Waals surface area contributed by atoms with E-state index in [9.17, 15) is 19.7 Å². The van der Waals surface area contributed by atoms with Gasteiger partial charge in [-0.2, -0.15) is 5.26 Å². The Morgan fingerprint density at radius 1 is 1.22 bits per heavy atom. The summed E-state index contributed by atoms with van der Waals surface area (Å²) in [4.78, 5) is 34.3. The van der Waals surface area contributed by atoms with E-state index >= 15 is 0 Å². The molecule has 0 radical (unpaired) electrons. The van der Waals surface area contributed by atoms with Crippen LogP contribution in [-0.2, 0) is 9.53 Å². The summed E-state index contributed by atoms with van der Waals surface area (Å²) < 4.78 is 9.96. The lowest BCUT2D eigenvalue weighted by atomic mass is 10.1. The maximum atomic E-state index is 12.3. The van der Waals surface area contributed by atoms with Crippen molar-refractivity contribution in [3.05, 3.63) is 75.3 Å². The second-order valence-electron chi connectivity index (χ2n) is 5.13. The topological polar surface area (TPSA) is 120 Å². The summed E-state index contributed by atoms with van der Waals surface area (Å²) in [5.74, 6) is -1.55. The number of rotatable bonds is 6. The molecule has 0 saturated heterocycles. The summed E-state index contributed by atoms with van der Waals surface area (Å²) in [5, 5.41) is 20.1. The van der Waals surface area contributed by atoms with Gasteiger partial charge in [-0.15, -0.1) is 0 Å². The van der Waals surface area contributed by atoms with Gasteiger partial charge in [-0.3, -0.25) is 10.1 Å². The summed E-state index contributed by atoms with van der Waals surface area (Å²) in [6.07, 6.45) is 1.29. The number of nitro benzene ring substituents is 1. The molecule has 0 saturated carbocycles. The molecule has 0 bridgehead atoms. The lowest BCUT2D eigenvalue weighted by Crippen LogP contribution is -2.11. The van der Waals surface area contributed by atoms with Crippen LogP contribution in [0.15, 0.2) is 54.1 Å². The van der Waals surface area contributed by atoms with E-state index in [4.69, 9.17) is 14.7 Å². The molecule has 0 N–H and O–H groups in total. The smallest absolute Gasteiger partial charge is 0.350 e. The van der Waals surface area contributed by atoms with Crippen LogP contribution in [0.4, 0.5) is 5.69 Å². The number of nitro groups is 1. The van der Waals surface area contributed by atoms with E-state index in [0.29, 0.717) is 5.56 Å². The van der Waals surface area contributed by atoms with Crippen molar-refractivity contribution >= 4 is 23.7 Å². The molecular weight excluding hydrogens is 352 g/mol. The van der Waals surface area contributed by atoms with Crippen molar-refractivity contribution in [3.8, 4) is 11.8 Å². The van der Waals surface area contributed by atoms with Gasteiger partial charge >= 0.3 is 11.9 Å². The Labute approximate surface area is 154 Å². The Hall–Kier alpha value is -3.99. The summed E-state index contributed by atoms with van der Waals surface area (Å²) >= 11 is 0. The standard InChI is InChI=1S/C19H14N2O6/c1-2-26-18(22)14(12-20)10-13-6-5-7-15(11-13)27-19(23)16-8-3-4-9-17(16)21(24)25/h3-11H,2H2,1H3/b14-10+. The third-order valence-electron chi connectivity index (χ3n) is 3.32. The fourth-order valence-corrected chi connectivity index (χ4v) is 2.15. The summed E-state index contributed by atoms with van der Waals surface area (Å²) in [5.41, 5.74) is -0.341. The van der Waals surface area contributed by atoms with Gasteiger partial charge < -0.3 is 9.47 Å². The molecule has 0 heterocycles. The Kier molecular flexibility index (Phi) is 6.39. The van der Waals surface area contributed by atoms with Crippen LogP contribution in [-0.4, -0.2) is 23.5 Å². The number of hydrogen-bond acceptors (Lipinski definition) is 7. The second-order valence-corrected chi connectivity index (χ2v) is 5.13. The van der Waals surface area contributed by atoms with E-state index in [0.717, 1.165) is 0 Å². The zero-order valence-electron chi connectivity index (χ0n) is 14.2. The van der Waals surface area contributed by atoms with Gasteiger partial charge in [0.1, 0.15) is 23.0 Å². The first kappa shape index (κ1) is 19.3. The lowest BCUT2D eigenvalue weighted by Gasteiger charge is -2.06. The molecule has 0 fully saturated rings. The number of hydrogen-bond donors (Lipinski definition) is 0. The summed E-state index contributed by atoms with van der Waals surface area (Å²) in [6.45, 7) is 1.75. The molecule has 0 amide bonds. The molecule has 2 aromatic carbocycles. The number of esters is 2. The van der Waals surface area contributed by atoms with Crippen molar-refractivity contribution in [1.82, 2.24) is 0 Å². The third kappa shape index (κ3) is 4.99. The highest BCUT2D eigenvalue weighted by molar-refractivity contribution is 5.98. The van der Waals surface area contributed by atoms with E-state index in [1.54, 1.807) is 25.1 Å². The quantitative estimate of drug-likeness (QED) is 0.192. The Balaban J connectivity index is 2.26. The van der Waals surface area contributed by atoms with Crippen LogP contribution in [0, 0.1) is 21.4 Å². The van der Waals surface area contributed by atoms with E-state index in [2.05, 4.69) is 0 Å². The zero-order chi connectivity index (χ0) is 19.8. The van der Waals surface area contributed by atoms with Gasteiger partial charge in [0.2, 0.25) is 0 Å². The second kappa shape index (κ2) is 8.92. The summed E-state index contributed by atoms with van der Waals surface area (Å²) in [7, 11) is 0. The van der Waals surface area contributed by atoms with Gasteiger partial charge in [0, 0.05) is 6.07 Å². The Morgan fingerprint density at radius 3 is 2.63 bits per heavy atom. The van der Waals surface area contributed by atoms with Gasteiger partial charge in [0.05, 0.1) is 11.5 Å². The van der Waals surface area contributed by atoms with Crippen molar-refractivity contribution < 1.29 is 24.0 Å². The number of ether oxygens (including phenoxy) is 2. The maximum absolute atomic E-state index is 12.3. The lowest BCUT2D eigenvalue weighted by molar-refractivity contribution is -0.385. The molecule has 0 aliphatic rings. The predicted octanol–water partition coefficient (Wildman–Crippen LogP) is 3.28. The Morgan fingerprint density at radius 2 is 1.96 bits per heavy atom. The van der Waals surface area contributed by atoms with Gasteiger partial charge in [-0.1, -0.05) is 24.3 Å². The van der Waals surface area contributed by atoms with Crippen molar-refractivity contribution in [2.75, 3.05) is 6.61 Å². The molecule has 8 nitrogen and oxygen atoms in total. The van der Waals surface area contributed by atoms with Crippen molar-refractivity contribution in [3.63, 3.8) is 0 Å². The average molecular weight is 366 g/mol. The van der Waals surface area contributed by atoms with Crippen LogP contribution < -0.4 is 4.74 Å². The molecule has 0 aliphatic carbocycles. The third-order valence-corrected chi connectivity index (χ3v) is 3.32. The fraction of sp³-hybridized carbons (Fsp3) is 0.105.